The number of aromatic nitrogens is 4. The van der Waals surface area contributed by atoms with Crippen molar-refractivity contribution in [3.63, 3.8) is 0 Å². The third-order valence-corrected chi connectivity index (χ3v) is 5.28. The number of sulfonamides is 1. The highest BCUT2D eigenvalue weighted by molar-refractivity contribution is 7.89. The van der Waals surface area contributed by atoms with E-state index < -0.39 is 10.0 Å². The Morgan fingerprint density at radius 1 is 1.48 bits per heavy atom. The van der Waals surface area contributed by atoms with E-state index in [0.717, 1.165) is 30.5 Å². The highest BCUT2D eigenvalue weighted by Crippen LogP contribution is 2.30. The summed E-state index contributed by atoms with van der Waals surface area (Å²) in [6, 6.07) is -0.221. The first-order chi connectivity index (χ1) is 10.0. The summed E-state index contributed by atoms with van der Waals surface area (Å²) in [5.74, 6) is 0.668. The zero-order chi connectivity index (χ0) is 15.0. The van der Waals surface area contributed by atoms with Gasteiger partial charge in [0.25, 0.3) is 10.0 Å². The number of rotatable bonds is 4. The molecule has 0 spiro atoms. The Labute approximate surface area is 123 Å². The molecule has 1 unspecified atom stereocenters. The molecule has 2 aromatic heterocycles. The highest BCUT2D eigenvalue weighted by atomic mass is 32.2. The summed E-state index contributed by atoms with van der Waals surface area (Å²) in [7, 11) is -1.70. The van der Waals surface area contributed by atoms with Gasteiger partial charge in [-0.25, -0.2) is 18.1 Å². The molecule has 0 radical (unpaired) electrons. The Morgan fingerprint density at radius 3 is 3.00 bits per heavy atom. The summed E-state index contributed by atoms with van der Waals surface area (Å²) in [4.78, 5) is 6.89. The lowest BCUT2D eigenvalue weighted by atomic mass is 9.94. The number of H-pyrrole nitrogens is 1. The molecule has 1 atom stereocenters. The molecular weight excluding hydrogens is 290 g/mol. The van der Waals surface area contributed by atoms with Crippen molar-refractivity contribution < 1.29 is 8.42 Å². The molecule has 114 valence electrons. The Hall–Kier alpha value is -1.67. The predicted octanol–water partition coefficient (Wildman–Crippen LogP) is 1.06. The molecule has 0 fully saturated rings. The summed E-state index contributed by atoms with van der Waals surface area (Å²) in [5, 5.41) is 4.35. The number of hydrogen-bond acceptors (Lipinski definition) is 4. The van der Waals surface area contributed by atoms with Crippen LogP contribution in [-0.4, -0.2) is 28.2 Å². The van der Waals surface area contributed by atoms with E-state index in [1.165, 1.54) is 6.20 Å². The average molecular weight is 309 g/mol. The van der Waals surface area contributed by atoms with Crippen LogP contribution in [0.4, 0.5) is 0 Å². The number of nitrogens with zero attached hydrogens (tertiary/aromatic N) is 3. The first kappa shape index (κ1) is 14.3. The minimum atomic E-state index is -3.59. The lowest BCUT2D eigenvalue weighted by Gasteiger charge is -2.23. The molecule has 2 aromatic rings. The standard InChI is InChI=1S/C13H19N5O2S/c1-3-12-14-8-13(16-12)21(19,20)17-10-5-4-6-11-9(10)7-15-18(11)2/h7-8,10,17H,3-6H2,1-2H3,(H,14,16). The van der Waals surface area contributed by atoms with Gasteiger partial charge >= 0.3 is 0 Å². The van der Waals surface area contributed by atoms with E-state index in [4.69, 9.17) is 0 Å². The molecule has 0 aliphatic heterocycles. The Morgan fingerprint density at radius 2 is 2.29 bits per heavy atom. The summed E-state index contributed by atoms with van der Waals surface area (Å²) >= 11 is 0. The summed E-state index contributed by atoms with van der Waals surface area (Å²) in [6.07, 6.45) is 6.47. The van der Waals surface area contributed by atoms with Gasteiger partial charge in [0, 0.05) is 24.7 Å². The number of aromatic amines is 1. The monoisotopic (exact) mass is 309 g/mol. The number of hydrogen-bond donors (Lipinski definition) is 2. The third kappa shape index (κ3) is 2.60. The van der Waals surface area contributed by atoms with Crippen LogP contribution in [0.15, 0.2) is 17.4 Å². The van der Waals surface area contributed by atoms with Gasteiger partial charge in [-0.15, -0.1) is 0 Å². The molecule has 1 aliphatic carbocycles. The van der Waals surface area contributed by atoms with E-state index in [9.17, 15) is 8.42 Å². The van der Waals surface area contributed by atoms with Crippen LogP contribution in [0.25, 0.3) is 0 Å². The molecule has 2 N–H and O–H groups in total. The van der Waals surface area contributed by atoms with Crippen LogP contribution in [0.1, 0.15) is 42.9 Å². The van der Waals surface area contributed by atoms with Gasteiger partial charge < -0.3 is 4.98 Å². The largest absolute Gasteiger partial charge is 0.332 e. The quantitative estimate of drug-likeness (QED) is 0.883. The van der Waals surface area contributed by atoms with Crippen LogP contribution < -0.4 is 4.72 Å². The molecule has 0 amide bonds. The van der Waals surface area contributed by atoms with Crippen LogP contribution in [0.3, 0.4) is 0 Å². The Kier molecular flexibility index (Phi) is 3.58. The van der Waals surface area contributed by atoms with Crippen molar-refractivity contribution in [2.75, 3.05) is 0 Å². The maximum Gasteiger partial charge on any atom is 0.258 e. The molecule has 0 saturated carbocycles. The zero-order valence-corrected chi connectivity index (χ0v) is 12.9. The van der Waals surface area contributed by atoms with Gasteiger partial charge in [-0.1, -0.05) is 6.92 Å². The second-order valence-corrected chi connectivity index (χ2v) is 6.97. The number of imidazole rings is 1. The van der Waals surface area contributed by atoms with Gasteiger partial charge in [0.05, 0.1) is 18.4 Å². The van der Waals surface area contributed by atoms with Crippen LogP contribution in [-0.2, 0) is 29.9 Å². The zero-order valence-electron chi connectivity index (χ0n) is 12.1. The Balaban J connectivity index is 1.86. The van der Waals surface area contributed by atoms with Crippen LogP contribution in [0, 0.1) is 0 Å². The van der Waals surface area contributed by atoms with E-state index in [1.54, 1.807) is 6.20 Å². The SMILES string of the molecule is CCc1ncc(S(=O)(=O)NC2CCCc3c2cnn3C)[nH]1. The van der Waals surface area contributed by atoms with Gasteiger partial charge in [0.15, 0.2) is 5.03 Å². The minimum absolute atomic E-state index is 0.121. The molecule has 21 heavy (non-hydrogen) atoms. The van der Waals surface area contributed by atoms with E-state index in [1.807, 2.05) is 18.7 Å². The lowest BCUT2D eigenvalue weighted by Crippen LogP contribution is -2.31. The fraction of sp³-hybridized carbons (Fsp3) is 0.538. The van der Waals surface area contributed by atoms with Crippen molar-refractivity contribution in [1.29, 1.82) is 0 Å². The molecule has 1 aliphatic rings. The van der Waals surface area contributed by atoms with Gasteiger partial charge in [-0.05, 0) is 19.3 Å². The van der Waals surface area contributed by atoms with Crippen molar-refractivity contribution in [2.45, 2.75) is 43.7 Å². The summed E-state index contributed by atoms with van der Waals surface area (Å²) in [5.41, 5.74) is 2.08. The van der Waals surface area contributed by atoms with Crippen molar-refractivity contribution in [1.82, 2.24) is 24.5 Å². The maximum atomic E-state index is 12.4. The smallest absolute Gasteiger partial charge is 0.258 e. The average Bonchev–Trinajstić information content (AvgIpc) is 3.07. The molecule has 2 heterocycles. The number of nitrogens with one attached hydrogen (secondary N) is 2. The van der Waals surface area contributed by atoms with Gasteiger partial charge in [-0.3, -0.25) is 4.68 Å². The molecular formula is C13H19N5O2S. The molecule has 8 heteroatoms. The normalized spacial score (nSPS) is 18.7. The Bertz CT molecular complexity index is 746. The molecule has 0 aromatic carbocycles. The maximum absolute atomic E-state index is 12.4. The first-order valence-corrected chi connectivity index (χ1v) is 8.56. The van der Waals surface area contributed by atoms with Crippen LogP contribution >= 0.6 is 0 Å². The summed E-state index contributed by atoms with van der Waals surface area (Å²) in [6.45, 7) is 1.92. The molecule has 7 nitrogen and oxygen atoms in total. The lowest BCUT2D eigenvalue weighted by molar-refractivity contribution is 0.496. The fourth-order valence-electron chi connectivity index (χ4n) is 2.74. The topological polar surface area (TPSA) is 92.7 Å². The van der Waals surface area contributed by atoms with Crippen molar-refractivity contribution in [3.05, 3.63) is 29.5 Å². The van der Waals surface area contributed by atoms with Gasteiger partial charge in [0.1, 0.15) is 5.82 Å². The molecule has 0 bridgehead atoms. The molecule has 3 rings (SSSR count). The number of fused-ring (bicyclic) bond motifs is 1. The van der Waals surface area contributed by atoms with Crippen molar-refractivity contribution >= 4 is 10.0 Å². The second kappa shape index (κ2) is 5.27. The predicted molar refractivity (Wildman–Crippen MR) is 77.2 cm³/mol. The van der Waals surface area contributed by atoms with Crippen LogP contribution in [0.2, 0.25) is 0 Å². The van der Waals surface area contributed by atoms with Gasteiger partial charge in [-0.2, -0.15) is 5.10 Å². The fourth-order valence-corrected chi connectivity index (χ4v) is 3.93. The molecule has 0 saturated heterocycles. The van der Waals surface area contributed by atoms with E-state index in [-0.39, 0.29) is 11.1 Å². The minimum Gasteiger partial charge on any atom is -0.332 e. The number of aryl methyl sites for hydroxylation is 2. The third-order valence-electron chi connectivity index (χ3n) is 3.90. The van der Waals surface area contributed by atoms with E-state index >= 15 is 0 Å². The van der Waals surface area contributed by atoms with Crippen molar-refractivity contribution in [2.24, 2.45) is 7.05 Å². The van der Waals surface area contributed by atoms with Crippen LogP contribution in [0.5, 0.6) is 0 Å². The summed E-state index contributed by atoms with van der Waals surface area (Å²) < 4.78 is 29.5. The second-order valence-electron chi connectivity index (χ2n) is 5.28. The van der Waals surface area contributed by atoms with Gasteiger partial charge in [0.2, 0.25) is 0 Å². The van der Waals surface area contributed by atoms with Crippen molar-refractivity contribution in [3.8, 4) is 0 Å². The highest BCUT2D eigenvalue weighted by Gasteiger charge is 2.28. The van der Waals surface area contributed by atoms with E-state index in [0.29, 0.717) is 12.2 Å². The van der Waals surface area contributed by atoms with E-state index in [2.05, 4.69) is 19.8 Å². The first-order valence-electron chi connectivity index (χ1n) is 7.08.